The monoisotopic (exact) mass is 309 g/mol. The van der Waals surface area contributed by atoms with E-state index < -0.39 is 6.10 Å². The molecule has 2 aromatic carbocycles. The van der Waals surface area contributed by atoms with Crippen molar-refractivity contribution < 1.29 is 9.50 Å². The summed E-state index contributed by atoms with van der Waals surface area (Å²) < 4.78 is 13.7. The maximum Gasteiger partial charge on any atom is 0.123 e. The molecule has 94 valence electrons. The zero-order valence-electron chi connectivity index (χ0n) is 9.61. The first kappa shape index (κ1) is 13.1. The molecule has 0 aliphatic heterocycles. The van der Waals surface area contributed by atoms with Crippen molar-refractivity contribution in [2.24, 2.45) is 0 Å². The van der Waals surface area contributed by atoms with Crippen LogP contribution in [0.4, 0.5) is 10.1 Å². The Morgan fingerprint density at radius 1 is 1.17 bits per heavy atom. The van der Waals surface area contributed by atoms with E-state index >= 15 is 0 Å². The average Bonchev–Trinajstić information content (AvgIpc) is 2.37. The van der Waals surface area contributed by atoms with Crippen molar-refractivity contribution in [1.29, 1.82) is 0 Å². The third kappa shape index (κ3) is 3.55. The lowest BCUT2D eigenvalue weighted by Gasteiger charge is -2.13. The Bertz CT molecular complexity index is 515. The van der Waals surface area contributed by atoms with Gasteiger partial charge in [0.2, 0.25) is 0 Å². The second kappa shape index (κ2) is 5.98. The lowest BCUT2D eigenvalue weighted by Crippen LogP contribution is -2.12. The maximum absolute atomic E-state index is 12.7. The predicted octanol–water partition coefficient (Wildman–Crippen LogP) is 3.73. The topological polar surface area (TPSA) is 32.3 Å². The van der Waals surface area contributed by atoms with E-state index in [0.717, 1.165) is 10.2 Å². The highest BCUT2D eigenvalue weighted by Crippen LogP contribution is 2.18. The Morgan fingerprint density at radius 3 is 2.56 bits per heavy atom. The highest BCUT2D eigenvalue weighted by molar-refractivity contribution is 9.10. The molecular weight excluding hydrogens is 297 g/mol. The number of rotatable bonds is 4. The summed E-state index contributed by atoms with van der Waals surface area (Å²) in [5.41, 5.74) is 1.62. The van der Waals surface area contributed by atoms with Gasteiger partial charge < -0.3 is 10.4 Å². The molecule has 0 radical (unpaired) electrons. The van der Waals surface area contributed by atoms with Gasteiger partial charge in [0.1, 0.15) is 5.82 Å². The summed E-state index contributed by atoms with van der Waals surface area (Å²) in [7, 11) is 0. The first-order valence-electron chi connectivity index (χ1n) is 5.58. The molecule has 0 aliphatic rings. The number of nitrogens with one attached hydrogen (secondary N) is 1. The molecule has 0 amide bonds. The van der Waals surface area contributed by atoms with E-state index in [1.54, 1.807) is 12.1 Å². The Kier molecular flexibility index (Phi) is 4.33. The zero-order valence-corrected chi connectivity index (χ0v) is 11.2. The van der Waals surface area contributed by atoms with Crippen molar-refractivity contribution in [2.75, 3.05) is 11.9 Å². The van der Waals surface area contributed by atoms with Gasteiger partial charge in [-0.25, -0.2) is 4.39 Å². The van der Waals surface area contributed by atoms with Crippen molar-refractivity contribution in [3.8, 4) is 0 Å². The molecule has 2 rings (SSSR count). The van der Waals surface area contributed by atoms with E-state index in [9.17, 15) is 9.50 Å². The molecule has 0 saturated heterocycles. The molecule has 2 N–H and O–H groups in total. The molecule has 2 aromatic rings. The fourth-order valence-corrected chi connectivity index (χ4v) is 2.01. The average molecular weight is 310 g/mol. The third-order valence-electron chi connectivity index (χ3n) is 2.58. The minimum Gasteiger partial charge on any atom is -0.387 e. The van der Waals surface area contributed by atoms with Gasteiger partial charge in [-0.05, 0) is 35.9 Å². The van der Waals surface area contributed by atoms with Crippen LogP contribution in [0.5, 0.6) is 0 Å². The Morgan fingerprint density at radius 2 is 1.89 bits per heavy atom. The summed E-state index contributed by atoms with van der Waals surface area (Å²) in [6.45, 7) is 0.377. The quantitative estimate of drug-likeness (QED) is 0.902. The number of halogens is 2. The highest BCUT2D eigenvalue weighted by Gasteiger charge is 2.07. The normalized spacial score (nSPS) is 12.2. The molecule has 1 unspecified atom stereocenters. The van der Waals surface area contributed by atoms with E-state index in [1.165, 1.54) is 12.1 Å². The van der Waals surface area contributed by atoms with Crippen molar-refractivity contribution >= 4 is 21.6 Å². The molecule has 0 bridgehead atoms. The van der Waals surface area contributed by atoms with Crippen molar-refractivity contribution in [2.45, 2.75) is 6.10 Å². The van der Waals surface area contributed by atoms with Crippen molar-refractivity contribution in [1.82, 2.24) is 0 Å². The van der Waals surface area contributed by atoms with E-state index in [-0.39, 0.29) is 5.82 Å². The number of aliphatic hydroxyl groups excluding tert-OH is 1. The molecule has 0 saturated carbocycles. The fraction of sp³-hybridized carbons (Fsp3) is 0.143. The van der Waals surface area contributed by atoms with Gasteiger partial charge in [0.15, 0.2) is 0 Å². The van der Waals surface area contributed by atoms with Crippen LogP contribution < -0.4 is 5.32 Å². The predicted molar refractivity (Wildman–Crippen MR) is 74.0 cm³/mol. The summed E-state index contributed by atoms with van der Waals surface area (Å²) in [6, 6.07) is 13.6. The van der Waals surface area contributed by atoms with E-state index in [2.05, 4.69) is 21.2 Å². The van der Waals surface area contributed by atoms with Gasteiger partial charge in [-0.2, -0.15) is 0 Å². The molecule has 0 heterocycles. The molecule has 0 fully saturated rings. The van der Waals surface area contributed by atoms with Crippen LogP contribution in [0.3, 0.4) is 0 Å². The van der Waals surface area contributed by atoms with Gasteiger partial charge >= 0.3 is 0 Å². The summed E-state index contributed by atoms with van der Waals surface area (Å²) in [5.74, 6) is -0.300. The van der Waals surface area contributed by atoms with Crippen LogP contribution in [0.15, 0.2) is 53.0 Å². The first-order valence-corrected chi connectivity index (χ1v) is 6.37. The summed E-state index contributed by atoms with van der Waals surface area (Å²) in [5, 5.41) is 13.1. The van der Waals surface area contributed by atoms with Gasteiger partial charge in [0.05, 0.1) is 6.10 Å². The molecule has 0 aliphatic carbocycles. The van der Waals surface area contributed by atoms with Crippen molar-refractivity contribution in [3.05, 3.63) is 64.4 Å². The highest BCUT2D eigenvalue weighted by atomic mass is 79.9. The number of anilines is 1. The van der Waals surface area contributed by atoms with Crippen LogP contribution in [0.1, 0.15) is 11.7 Å². The Labute approximate surface area is 114 Å². The first-order chi connectivity index (χ1) is 8.65. The maximum atomic E-state index is 12.7. The van der Waals surface area contributed by atoms with Gasteiger partial charge in [0, 0.05) is 16.7 Å². The standard InChI is InChI=1S/C14H13BrFNO/c15-11-2-1-3-13(8-11)17-9-14(18)10-4-6-12(16)7-5-10/h1-8,14,17-18H,9H2. The van der Waals surface area contributed by atoms with Crippen molar-refractivity contribution in [3.63, 3.8) is 0 Å². The van der Waals surface area contributed by atoms with E-state index in [4.69, 9.17) is 0 Å². The molecular formula is C14H13BrFNO. The third-order valence-corrected chi connectivity index (χ3v) is 3.07. The van der Waals surface area contributed by atoms with Crippen LogP contribution in [0.2, 0.25) is 0 Å². The van der Waals surface area contributed by atoms with Crippen LogP contribution in [-0.2, 0) is 0 Å². The molecule has 18 heavy (non-hydrogen) atoms. The lowest BCUT2D eigenvalue weighted by molar-refractivity contribution is 0.191. The van der Waals surface area contributed by atoms with Crippen LogP contribution >= 0.6 is 15.9 Å². The Hall–Kier alpha value is -1.39. The van der Waals surface area contributed by atoms with Gasteiger partial charge in [-0.15, -0.1) is 0 Å². The molecule has 1 atom stereocenters. The van der Waals surface area contributed by atoms with Crippen LogP contribution in [0.25, 0.3) is 0 Å². The fourth-order valence-electron chi connectivity index (χ4n) is 1.62. The summed E-state index contributed by atoms with van der Waals surface area (Å²) in [4.78, 5) is 0. The smallest absolute Gasteiger partial charge is 0.123 e. The van der Waals surface area contributed by atoms with Gasteiger partial charge in [-0.1, -0.05) is 34.1 Å². The summed E-state index contributed by atoms with van der Waals surface area (Å²) >= 11 is 3.38. The molecule has 2 nitrogen and oxygen atoms in total. The second-order valence-electron chi connectivity index (χ2n) is 3.96. The molecule has 0 spiro atoms. The lowest BCUT2D eigenvalue weighted by atomic mass is 10.1. The van der Waals surface area contributed by atoms with E-state index in [1.807, 2.05) is 24.3 Å². The number of benzene rings is 2. The van der Waals surface area contributed by atoms with Crippen LogP contribution in [-0.4, -0.2) is 11.7 Å². The minimum absolute atomic E-state index is 0.300. The number of hydrogen-bond donors (Lipinski definition) is 2. The summed E-state index contributed by atoms with van der Waals surface area (Å²) in [6.07, 6.45) is -0.662. The zero-order chi connectivity index (χ0) is 13.0. The Balaban J connectivity index is 1.96. The largest absolute Gasteiger partial charge is 0.387 e. The van der Waals surface area contributed by atoms with Gasteiger partial charge in [-0.3, -0.25) is 0 Å². The molecule has 0 aromatic heterocycles. The number of hydrogen-bond acceptors (Lipinski definition) is 2. The minimum atomic E-state index is -0.662. The SMILES string of the molecule is OC(CNc1cccc(Br)c1)c1ccc(F)cc1. The van der Waals surface area contributed by atoms with Crippen LogP contribution in [0, 0.1) is 5.82 Å². The van der Waals surface area contributed by atoms with Gasteiger partial charge in [0.25, 0.3) is 0 Å². The van der Waals surface area contributed by atoms with E-state index in [0.29, 0.717) is 12.1 Å². The number of aliphatic hydroxyl groups is 1. The second-order valence-corrected chi connectivity index (χ2v) is 4.87. The molecule has 4 heteroatoms.